The van der Waals surface area contributed by atoms with E-state index in [0.29, 0.717) is 12.8 Å². The number of ether oxygens (including phenoxy) is 11. The molecule has 0 aromatic rings. The summed E-state index contributed by atoms with van der Waals surface area (Å²) in [5.41, 5.74) is 12.0. The number of carbonyl (C=O) groups is 7. The zero-order valence-corrected chi connectivity index (χ0v) is 63.1. The second kappa shape index (κ2) is 40.5. The van der Waals surface area contributed by atoms with Crippen LogP contribution in [0.25, 0.3) is 0 Å². The second-order valence-corrected chi connectivity index (χ2v) is 30.3. The van der Waals surface area contributed by atoms with E-state index in [1.165, 1.54) is 18.1 Å². The van der Waals surface area contributed by atoms with E-state index in [4.69, 9.17) is 72.6 Å². The molecule has 5 aliphatic heterocycles. The SMILES string of the molecule is C=C(C/C=C(\C)CCC=C(C)C)CCC(C)(C)/C=C/CC/C(C)=C\CO[C@H](COP(=O)(O)O[C@H]1OC(C(N)=O)[C@@](C)(O)[C@H](OC(N)=O)C1O[C@@H]1OC(CO[C@@H]2OC(CO)[C@@H](O)C(O)[C@@H]2O)[C@@H](O[C@@H]2OC(C)[C@@H](O[C@@H]3OC(C(=O)NC4=C(O)CCC4=O)[C@H](O)C(O)[C@@H]3O)C(O)[C@@H]2NC(C)=O)C(O)[C@@H]1NC(C)=O)C(=O)O. The van der Waals surface area contributed by atoms with Crippen molar-refractivity contribution in [2.45, 2.75) is 286 Å². The molecule has 6 rings (SSSR count). The number of amides is 5. The largest absolute Gasteiger partial charge is 0.510 e. The Morgan fingerprint density at radius 3 is 1.88 bits per heavy atom. The van der Waals surface area contributed by atoms with Gasteiger partial charge in [-0.1, -0.05) is 73.1 Å². The fourth-order valence-corrected chi connectivity index (χ4v) is 13.5. The Morgan fingerprint density at radius 1 is 0.716 bits per heavy atom. The van der Waals surface area contributed by atoms with Gasteiger partial charge < -0.3 is 146 Å². The molecule has 20 N–H and O–H groups in total. The van der Waals surface area contributed by atoms with E-state index in [9.17, 15) is 104 Å². The van der Waals surface area contributed by atoms with E-state index in [0.717, 1.165) is 64.0 Å². The lowest BCUT2D eigenvalue weighted by molar-refractivity contribution is -0.375. The summed E-state index contributed by atoms with van der Waals surface area (Å²) in [4.78, 5) is 102. The summed E-state index contributed by atoms with van der Waals surface area (Å²) >= 11 is 0. The van der Waals surface area contributed by atoms with E-state index in [2.05, 4.69) is 75.4 Å². The predicted molar refractivity (Wildman–Crippen MR) is 372 cm³/mol. The maximum absolute atomic E-state index is 14.1. The van der Waals surface area contributed by atoms with Crippen molar-refractivity contribution in [1.29, 1.82) is 0 Å². The first kappa shape index (κ1) is 91.7. The van der Waals surface area contributed by atoms with Crippen LogP contribution in [-0.2, 0) is 94.5 Å². The van der Waals surface area contributed by atoms with E-state index >= 15 is 0 Å². The minimum Gasteiger partial charge on any atom is -0.510 e. The maximum atomic E-state index is 14.1. The number of nitrogens with two attached hydrogens (primary N) is 2. The van der Waals surface area contributed by atoms with Crippen LogP contribution in [0.3, 0.4) is 0 Å². The van der Waals surface area contributed by atoms with Gasteiger partial charge in [-0.05, 0) is 91.9 Å². The number of aliphatic carboxylic acids is 1. The maximum Gasteiger partial charge on any atom is 0.474 e. The number of ketones is 1. The van der Waals surface area contributed by atoms with Crippen LogP contribution in [0.5, 0.6) is 0 Å². The molecule has 11 unspecified atom stereocenters. The van der Waals surface area contributed by atoms with Gasteiger partial charge in [0.1, 0.15) is 102 Å². The molecule has 1 aliphatic carbocycles. The summed E-state index contributed by atoms with van der Waals surface area (Å²) in [5, 5.41) is 139. The summed E-state index contributed by atoms with van der Waals surface area (Å²) in [7, 11) is -5.85. The van der Waals surface area contributed by atoms with Crippen LogP contribution >= 0.6 is 7.82 Å². The van der Waals surface area contributed by atoms with Crippen LogP contribution in [-0.4, -0.2) is 293 Å². The molecule has 5 heterocycles. The van der Waals surface area contributed by atoms with Crippen molar-refractivity contribution in [2.75, 3.05) is 26.4 Å². The van der Waals surface area contributed by atoms with Crippen LogP contribution in [0.15, 0.2) is 70.7 Å². The number of carboxylic acids is 1. The summed E-state index contributed by atoms with van der Waals surface area (Å²) in [6.45, 7) is 16.8. The van der Waals surface area contributed by atoms with Gasteiger partial charge in [-0.25, -0.2) is 14.2 Å². The van der Waals surface area contributed by atoms with Gasteiger partial charge in [0.15, 0.2) is 67.8 Å². The Morgan fingerprint density at radius 2 is 1.29 bits per heavy atom. The van der Waals surface area contributed by atoms with Crippen LogP contribution in [0, 0.1) is 5.41 Å². The third-order valence-corrected chi connectivity index (χ3v) is 19.9. The van der Waals surface area contributed by atoms with E-state index in [1.807, 2.05) is 6.08 Å². The third kappa shape index (κ3) is 25.4. The third-order valence-electron chi connectivity index (χ3n) is 18.9. The highest BCUT2D eigenvalue weighted by Gasteiger charge is 2.62. The molecule has 0 spiro atoms. The molecule has 27 atom stereocenters. The van der Waals surface area contributed by atoms with Crippen molar-refractivity contribution in [1.82, 2.24) is 16.0 Å². The highest BCUT2D eigenvalue weighted by Crippen LogP contribution is 2.49. The lowest BCUT2D eigenvalue weighted by atomic mass is 9.85. The predicted octanol–water partition coefficient (Wildman–Crippen LogP) is -2.03. The first-order valence-corrected chi connectivity index (χ1v) is 36.9. The molecule has 5 saturated heterocycles. The fraction of sp³-hybridized carbons (Fsp3) is 0.725. The van der Waals surface area contributed by atoms with Gasteiger partial charge in [-0.2, -0.15) is 0 Å². The standard InChI is InChI=1S/C69H108N5O34P/c1-30(2)15-14-17-31(3)18-19-33(5)22-25-68(9,10)24-13-12-16-32(4)23-26-96-41(61(90)91)29-98-109(94,95)108-66-56(57(107-67(71)92)69(11,93)58(106-66)59(70)88)105-63-44(73-36(8)77)47(82)54(40(101-63)28-97-64-51(86)48(83)45(80)39(27-75)100-64)103-62-43(72-35(7)76)46(81)53(34(6)99-62)102-65-52(87)49(84)50(85)55(104-65)60(89)74-42-37(78)20-21-38(42)79/h13,15,18,23-24,34,39-41,43-58,62-66,75,78,80-87,93H,5,12,14,16-17,19-22,25-29H2,1-4,6-11H3,(H2,70,88)(H2,71,92)(H,72,76)(H,73,77)(H,74,89)(H,90,91)(H,94,95)/b24-13+,31-18+,32-23-/t34?,39?,40?,41-,43+,44+,45-,46?,47?,48?,49?,50-,51+,52+,53-,54-,55?,56?,57-,58?,62+,63+,64-,65-,66-,69+/m1/s1. The lowest BCUT2D eigenvalue weighted by Crippen LogP contribution is -2.72. The quantitative estimate of drug-likeness (QED) is 0.0236. The molecule has 0 aromatic carbocycles. The van der Waals surface area contributed by atoms with Gasteiger partial charge in [0, 0.05) is 26.7 Å². The number of hydrogen-bond donors (Lipinski definition) is 18. The zero-order chi connectivity index (χ0) is 81.5. The summed E-state index contributed by atoms with van der Waals surface area (Å²) in [5.74, 6) is -7.66. The molecule has 6 aliphatic rings. The van der Waals surface area contributed by atoms with Crippen molar-refractivity contribution in [2.24, 2.45) is 16.9 Å². The number of Topliss-reactive ketones (excluding diaryl/α,β-unsaturated/α-hetero) is 1. The molecular weight excluding hydrogens is 1470 g/mol. The Kier molecular flexibility index (Phi) is 34.1. The molecule has 0 aromatic heterocycles. The second-order valence-electron chi connectivity index (χ2n) is 28.9. The van der Waals surface area contributed by atoms with Crippen LogP contribution in [0.1, 0.15) is 127 Å². The number of carboxylic acid groups (broad SMARTS) is 1. The first-order chi connectivity index (χ1) is 50.9. The van der Waals surface area contributed by atoms with Gasteiger partial charge >= 0.3 is 19.9 Å². The van der Waals surface area contributed by atoms with E-state index < -0.39 is 240 Å². The Labute approximate surface area is 628 Å². The molecule has 0 bridgehead atoms. The van der Waals surface area contributed by atoms with E-state index in [1.54, 1.807) is 13.0 Å². The smallest absolute Gasteiger partial charge is 0.474 e. The van der Waals surface area contributed by atoms with Gasteiger partial charge in [0.2, 0.25) is 17.7 Å². The molecule has 618 valence electrons. The minimum absolute atomic E-state index is 0.128. The fourth-order valence-electron chi connectivity index (χ4n) is 12.6. The molecule has 109 heavy (non-hydrogen) atoms. The molecular formula is C69H108N5O34P. The molecule has 0 saturated carbocycles. The van der Waals surface area contributed by atoms with Crippen molar-refractivity contribution in [3.8, 4) is 0 Å². The van der Waals surface area contributed by atoms with Crippen molar-refractivity contribution < 1.29 is 165 Å². The summed E-state index contributed by atoms with van der Waals surface area (Å²) < 4.78 is 88.9. The summed E-state index contributed by atoms with van der Waals surface area (Å²) in [6, 6.07) is -4.00. The topological polar surface area (TPSA) is 608 Å². The number of phosphoric acid groups is 1. The van der Waals surface area contributed by atoms with Gasteiger partial charge in [0.05, 0.1) is 32.5 Å². The average Bonchev–Trinajstić information content (AvgIpc) is 1.80. The number of rotatable bonds is 37. The van der Waals surface area contributed by atoms with E-state index in [-0.39, 0.29) is 24.9 Å². The van der Waals surface area contributed by atoms with Gasteiger partial charge in [0.25, 0.3) is 5.91 Å². The molecule has 39 nitrogen and oxygen atoms in total. The number of primary amides is 2. The molecule has 0 radical (unpaired) electrons. The normalized spacial score (nSPS) is 35.6. The van der Waals surface area contributed by atoms with Crippen LogP contribution in [0.2, 0.25) is 0 Å². The number of allylic oxidation sites excluding steroid dienone is 10. The number of nitrogens with one attached hydrogen (secondary N) is 3. The van der Waals surface area contributed by atoms with Gasteiger partial charge in [-0.15, -0.1) is 0 Å². The Hall–Kier alpha value is -6.16. The number of hydrogen-bond acceptors (Lipinski definition) is 32. The summed E-state index contributed by atoms with van der Waals surface area (Å²) in [6.07, 6.45) is -35.4. The lowest BCUT2D eigenvalue weighted by Gasteiger charge is -2.52. The number of carbonyl (C=O) groups excluding carboxylic acids is 6. The van der Waals surface area contributed by atoms with Crippen molar-refractivity contribution >= 4 is 49.3 Å². The molecule has 5 amide bonds. The zero-order valence-electron chi connectivity index (χ0n) is 62.2. The number of aliphatic hydroxyl groups excluding tert-OH is 10. The monoisotopic (exact) mass is 1580 g/mol. The van der Waals surface area contributed by atoms with Crippen LogP contribution < -0.4 is 27.4 Å². The van der Waals surface area contributed by atoms with Gasteiger partial charge in [-0.3, -0.25) is 33.0 Å². The Bertz CT molecular complexity index is 3360. The first-order valence-electron chi connectivity index (χ1n) is 35.4. The van der Waals surface area contributed by atoms with Crippen molar-refractivity contribution in [3.05, 3.63) is 70.7 Å². The highest BCUT2D eigenvalue weighted by atomic mass is 31.2. The molecule has 5 fully saturated rings. The average molecular weight is 1580 g/mol. The number of phosphoric ester groups is 1. The number of aliphatic hydroxyl groups is 11. The Balaban J connectivity index is 1.25. The molecule has 40 heteroatoms. The van der Waals surface area contributed by atoms with Crippen LogP contribution in [0.4, 0.5) is 4.79 Å². The highest BCUT2D eigenvalue weighted by molar-refractivity contribution is 7.47. The minimum atomic E-state index is -5.85. The van der Waals surface area contributed by atoms with Crippen molar-refractivity contribution in [3.63, 3.8) is 0 Å².